The van der Waals surface area contributed by atoms with Crippen molar-refractivity contribution in [2.75, 3.05) is 32.9 Å². The van der Waals surface area contributed by atoms with E-state index in [1.165, 1.54) is 0 Å². The number of H-pyrrole nitrogens is 2. The summed E-state index contributed by atoms with van der Waals surface area (Å²) >= 11 is 0. The summed E-state index contributed by atoms with van der Waals surface area (Å²) in [7, 11) is -10.0. The van der Waals surface area contributed by atoms with Gasteiger partial charge < -0.3 is 15.1 Å². The smallest absolute Gasteiger partial charge is 0.229 e. The Balaban J connectivity index is 0.000000194. The number of hydrogen-bond acceptors (Lipinski definition) is 9. The van der Waals surface area contributed by atoms with Gasteiger partial charge in [0.15, 0.2) is 0 Å². The Bertz CT molecular complexity index is 3410. The Morgan fingerprint density at radius 1 is 0.508 bits per heavy atom. The first kappa shape index (κ1) is 46.0. The van der Waals surface area contributed by atoms with E-state index in [1.807, 2.05) is 109 Å². The summed E-state index contributed by atoms with van der Waals surface area (Å²) in [4.78, 5) is 15.8. The van der Waals surface area contributed by atoms with Gasteiger partial charge in [-0.1, -0.05) is 91.0 Å². The quantitative estimate of drug-likeness (QED) is 0.0649. The van der Waals surface area contributed by atoms with Gasteiger partial charge >= 0.3 is 0 Å². The number of aromatic nitrogens is 4. The minimum atomic E-state index is -3.40. The standard InChI is InChI=1S/C25H25N3O3S.C23H22N4O4S2/c1-25(2,29)21-7-5-4-6-20(21)18-11-14-22-23(16-18)27-24(26-22)15-10-17-8-12-19(13-9-17)28-32(3,30)31;1-32(28,29)26-18-11-7-16(8-12-18)9-14-23-24-21-13-10-17(15-22(21)25-23)19-5-3-4-6-20(19)27-33(2,30)31/h4-16,28-29H,1-3H3,(H,26,27);3-15,26-27H,1-2H3,(H,24,25)/b15-10+;14-9+. The molecular formula is C48H47N7O7S3. The molecule has 0 saturated carbocycles. The van der Waals surface area contributed by atoms with Gasteiger partial charge in [0.25, 0.3) is 0 Å². The van der Waals surface area contributed by atoms with Crippen LogP contribution in [0, 0.1) is 0 Å². The lowest BCUT2D eigenvalue weighted by Crippen LogP contribution is -2.16. The van der Waals surface area contributed by atoms with Crippen molar-refractivity contribution in [2.24, 2.45) is 0 Å². The van der Waals surface area contributed by atoms with E-state index in [2.05, 4.69) is 34.1 Å². The number of nitrogens with one attached hydrogen (secondary N) is 5. The van der Waals surface area contributed by atoms with Gasteiger partial charge in [0.2, 0.25) is 30.1 Å². The minimum absolute atomic E-state index is 0.497. The number of anilines is 3. The highest BCUT2D eigenvalue weighted by molar-refractivity contribution is 7.92. The molecule has 0 aliphatic rings. The zero-order valence-electron chi connectivity index (χ0n) is 36.0. The fourth-order valence-corrected chi connectivity index (χ4v) is 8.65. The zero-order chi connectivity index (χ0) is 46.6. The molecule has 0 aliphatic heterocycles. The molecule has 0 saturated heterocycles. The van der Waals surface area contributed by atoms with Gasteiger partial charge in [-0.15, -0.1) is 0 Å². The summed E-state index contributed by atoms with van der Waals surface area (Å²) in [6.45, 7) is 3.57. The molecule has 6 aromatic carbocycles. The molecule has 0 radical (unpaired) electrons. The van der Waals surface area contributed by atoms with Crippen molar-refractivity contribution in [3.63, 3.8) is 0 Å². The molecule has 0 aliphatic carbocycles. The molecule has 2 aromatic heterocycles. The second-order valence-electron chi connectivity index (χ2n) is 15.9. The van der Waals surface area contributed by atoms with E-state index in [4.69, 9.17) is 0 Å². The molecule has 0 fully saturated rings. The first-order valence-electron chi connectivity index (χ1n) is 20.1. The van der Waals surface area contributed by atoms with E-state index in [1.54, 1.807) is 62.4 Å². The van der Waals surface area contributed by atoms with Crippen LogP contribution >= 0.6 is 0 Å². The van der Waals surface area contributed by atoms with Crippen molar-refractivity contribution in [1.82, 2.24) is 19.9 Å². The topological polar surface area (TPSA) is 216 Å². The van der Waals surface area contributed by atoms with Crippen LogP contribution in [0.3, 0.4) is 0 Å². The first-order chi connectivity index (χ1) is 30.6. The van der Waals surface area contributed by atoms with Crippen molar-refractivity contribution in [3.05, 3.63) is 162 Å². The summed E-state index contributed by atoms with van der Waals surface area (Å²) in [5, 5.41) is 10.5. The third-order valence-electron chi connectivity index (χ3n) is 9.73. The van der Waals surface area contributed by atoms with Gasteiger partial charge in [-0.2, -0.15) is 0 Å². The molecule has 17 heteroatoms. The number of benzene rings is 6. The predicted molar refractivity (Wildman–Crippen MR) is 264 cm³/mol. The number of para-hydroxylation sites is 1. The van der Waals surface area contributed by atoms with Gasteiger partial charge in [-0.25, -0.2) is 35.2 Å². The Kier molecular flexibility index (Phi) is 13.1. The molecule has 8 aromatic rings. The molecule has 65 heavy (non-hydrogen) atoms. The molecular weight excluding hydrogens is 883 g/mol. The maximum Gasteiger partial charge on any atom is 0.229 e. The summed E-state index contributed by atoms with van der Waals surface area (Å²) in [5.41, 5.74) is 10.2. The van der Waals surface area contributed by atoms with E-state index in [0.717, 1.165) is 79.8 Å². The minimum Gasteiger partial charge on any atom is -0.386 e. The van der Waals surface area contributed by atoms with Crippen LogP contribution in [-0.2, 0) is 35.7 Å². The van der Waals surface area contributed by atoms with Crippen LogP contribution in [0.5, 0.6) is 0 Å². The van der Waals surface area contributed by atoms with Gasteiger partial charge in [-0.3, -0.25) is 14.2 Å². The van der Waals surface area contributed by atoms with E-state index in [0.29, 0.717) is 28.7 Å². The molecule has 334 valence electrons. The van der Waals surface area contributed by atoms with Gasteiger partial charge in [0, 0.05) is 16.9 Å². The van der Waals surface area contributed by atoms with E-state index in [9.17, 15) is 30.4 Å². The Labute approximate surface area is 378 Å². The van der Waals surface area contributed by atoms with Crippen molar-refractivity contribution in [1.29, 1.82) is 0 Å². The van der Waals surface area contributed by atoms with Crippen LogP contribution in [0.25, 0.3) is 68.6 Å². The largest absolute Gasteiger partial charge is 0.386 e. The Morgan fingerprint density at radius 3 is 1.37 bits per heavy atom. The lowest BCUT2D eigenvalue weighted by Gasteiger charge is -2.21. The third-order valence-corrected chi connectivity index (χ3v) is 11.5. The van der Waals surface area contributed by atoms with Gasteiger partial charge in [0.05, 0.1) is 52.1 Å². The molecule has 0 amide bonds. The number of aromatic amines is 2. The zero-order valence-corrected chi connectivity index (χ0v) is 38.5. The van der Waals surface area contributed by atoms with Crippen LogP contribution in [0.1, 0.15) is 42.2 Å². The maximum atomic E-state index is 11.7. The molecule has 0 unspecified atom stereocenters. The molecule has 0 spiro atoms. The van der Waals surface area contributed by atoms with Crippen molar-refractivity contribution < 1.29 is 30.4 Å². The second kappa shape index (κ2) is 18.6. The molecule has 2 heterocycles. The third kappa shape index (κ3) is 12.8. The summed E-state index contributed by atoms with van der Waals surface area (Å²) < 4.78 is 76.1. The molecule has 0 bridgehead atoms. The number of fused-ring (bicyclic) bond motifs is 2. The van der Waals surface area contributed by atoms with Crippen molar-refractivity contribution in [2.45, 2.75) is 19.4 Å². The van der Waals surface area contributed by atoms with E-state index < -0.39 is 35.7 Å². The lowest BCUT2D eigenvalue weighted by atomic mass is 9.89. The molecule has 14 nitrogen and oxygen atoms in total. The van der Waals surface area contributed by atoms with Gasteiger partial charge in [0.1, 0.15) is 11.6 Å². The van der Waals surface area contributed by atoms with E-state index >= 15 is 0 Å². The highest BCUT2D eigenvalue weighted by Crippen LogP contribution is 2.33. The van der Waals surface area contributed by atoms with Crippen LogP contribution in [0.4, 0.5) is 17.1 Å². The van der Waals surface area contributed by atoms with Crippen LogP contribution < -0.4 is 14.2 Å². The number of nitrogens with zero attached hydrogens (tertiary/aromatic N) is 2. The lowest BCUT2D eigenvalue weighted by molar-refractivity contribution is 0.0792. The van der Waals surface area contributed by atoms with Crippen molar-refractivity contribution in [3.8, 4) is 22.3 Å². The average molecular weight is 930 g/mol. The fourth-order valence-electron chi connectivity index (χ4n) is 6.95. The molecule has 8 rings (SSSR count). The van der Waals surface area contributed by atoms with E-state index in [-0.39, 0.29) is 0 Å². The maximum absolute atomic E-state index is 11.7. The van der Waals surface area contributed by atoms with Crippen LogP contribution in [0.2, 0.25) is 0 Å². The fraction of sp³-hybridized carbons (Fsp3) is 0.125. The monoisotopic (exact) mass is 929 g/mol. The van der Waals surface area contributed by atoms with Crippen molar-refractivity contribution >= 4 is 93.5 Å². The summed E-state index contributed by atoms with van der Waals surface area (Å²) in [5.74, 6) is 1.37. The number of rotatable bonds is 13. The highest BCUT2D eigenvalue weighted by Gasteiger charge is 2.20. The first-order valence-corrected chi connectivity index (χ1v) is 25.7. The normalized spacial score (nSPS) is 12.4. The Hall–Kier alpha value is -7.05. The molecule has 6 N–H and O–H groups in total. The average Bonchev–Trinajstić information content (AvgIpc) is 3.84. The Morgan fingerprint density at radius 2 is 0.923 bits per heavy atom. The number of hydrogen-bond donors (Lipinski definition) is 6. The van der Waals surface area contributed by atoms with Crippen LogP contribution in [0.15, 0.2) is 133 Å². The summed E-state index contributed by atoms with van der Waals surface area (Å²) in [6.07, 6.45) is 10.8. The summed E-state index contributed by atoms with van der Waals surface area (Å²) in [6, 6.07) is 40.8. The van der Waals surface area contributed by atoms with Crippen LogP contribution in [-0.4, -0.2) is 69.1 Å². The number of imidazole rings is 2. The SMILES string of the molecule is CC(C)(O)c1ccccc1-c1ccc2nc(/C=C/c3ccc(NS(C)(=O)=O)cc3)[nH]c2c1.CS(=O)(=O)Nc1ccc(/C=C/c2nc3ccc(-c4ccccc4NS(C)(=O)=O)cc3[nH]2)cc1. The highest BCUT2D eigenvalue weighted by atomic mass is 32.2. The second-order valence-corrected chi connectivity index (χ2v) is 21.1. The number of sulfonamides is 3. The predicted octanol–water partition coefficient (Wildman–Crippen LogP) is 9.14. The number of aliphatic hydroxyl groups is 1. The molecule has 0 atom stereocenters. The van der Waals surface area contributed by atoms with Gasteiger partial charge in [-0.05, 0) is 114 Å².